The summed E-state index contributed by atoms with van der Waals surface area (Å²) in [6.07, 6.45) is 10.5. The maximum atomic E-state index is 4.36. The Balaban J connectivity index is 1.84. The van der Waals surface area contributed by atoms with E-state index < -0.39 is 0 Å². The van der Waals surface area contributed by atoms with E-state index in [0.717, 1.165) is 23.9 Å². The number of hydrogen-bond acceptors (Lipinski definition) is 3. The minimum absolute atomic E-state index is 0.261. The van der Waals surface area contributed by atoms with Gasteiger partial charge in [-0.25, -0.2) is 9.67 Å². The summed E-state index contributed by atoms with van der Waals surface area (Å²) < 4.78 is 1.76. The summed E-state index contributed by atoms with van der Waals surface area (Å²) in [6, 6.07) is 5.92. The molecule has 0 saturated carbocycles. The Morgan fingerprint density at radius 1 is 1.23 bits per heavy atom. The van der Waals surface area contributed by atoms with Gasteiger partial charge in [0.1, 0.15) is 0 Å². The zero-order valence-corrected chi connectivity index (χ0v) is 16.5. The fraction of sp³-hybridized carbons (Fsp3) is 0.550. The van der Waals surface area contributed by atoms with Crippen LogP contribution >= 0.6 is 0 Å². The molecule has 26 heavy (non-hydrogen) atoms. The zero-order chi connectivity index (χ0) is 18.8. The molecule has 0 aliphatic heterocycles. The number of rotatable bonds is 9. The summed E-state index contributed by atoms with van der Waals surface area (Å²) >= 11 is 0. The van der Waals surface area contributed by atoms with Crippen molar-refractivity contribution < 1.29 is 0 Å². The number of nitrogens with zero attached hydrogens (tertiary/aromatic N) is 4. The molecule has 0 aliphatic rings. The molecule has 2 aromatic heterocycles. The minimum atomic E-state index is 0.261. The predicted molar refractivity (Wildman–Crippen MR) is 107 cm³/mol. The molecule has 2 aromatic rings. The summed E-state index contributed by atoms with van der Waals surface area (Å²) in [5.41, 5.74) is 1.40. The smallest absolute Gasteiger partial charge is 0.191 e. The van der Waals surface area contributed by atoms with Crippen LogP contribution in [-0.2, 0) is 6.54 Å². The van der Waals surface area contributed by atoms with Gasteiger partial charge in [0.05, 0.1) is 0 Å². The van der Waals surface area contributed by atoms with Crippen LogP contribution in [0.1, 0.15) is 52.0 Å². The Bertz CT molecular complexity index is 675. The van der Waals surface area contributed by atoms with Crippen LogP contribution in [0.15, 0.2) is 41.8 Å². The van der Waals surface area contributed by atoms with E-state index in [-0.39, 0.29) is 5.41 Å². The number of hydrogen-bond donors (Lipinski definition) is 2. The molecule has 0 fully saturated rings. The van der Waals surface area contributed by atoms with Crippen LogP contribution in [0, 0.1) is 5.41 Å². The Kier molecular flexibility index (Phi) is 7.63. The van der Waals surface area contributed by atoms with Gasteiger partial charge in [-0.05, 0) is 35.6 Å². The van der Waals surface area contributed by atoms with Crippen LogP contribution in [0.5, 0.6) is 0 Å². The van der Waals surface area contributed by atoms with Gasteiger partial charge in [0.15, 0.2) is 11.8 Å². The van der Waals surface area contributed by atoms with Crippen molar-refractivity contribution in [1.82, 2.24) is 25.4 Å². The van der Waals surface area contributed by atoms with Crippen LogP contribution in [-0.4, -0.2) is 34.3 Å². The lowest BCUT2D eigenvalue weighted by Crippen LogP contribution is -2.41. The van der Waals surface area contributed by atoms with Gasteiger partial charge < -0.3 is 10.6 Å². The number of aliphatic imine (C=N–C) groups is 1. The van der Waals surface area contributed by atoms with Crippen molar-refractivity contribution in [1.29, 1.82) is 0 Å². The summed E-state index contributed by atoms with van der Waals surface area (Å²) in [5.74, 6) is 1.64. The molecule has 0 saturated heterocycles. The quantitative estimate of drug-likeness (QED) is 0.410. The molecule has 0 bridgehead atoms. The van der Waals surface area contributed by atoms with Crippen LogP contribution in [0.3, 0.4) is 0 Å². The summed E-state index contributed by atoms with van der Waals surface area (Å²) in [4.78, 5) is 8.70. The topological polar surface area (TPSA) is 67.1 Å². The molecule has 0 aliphatic carbocycles. The van der Waals surface area contributed by atoms with Gasteiger partial charge in [-0.15, -0.1) is 0 Å². The molecule has 0 aromatic carbocycles. The highest BCUT2D eigenvalue weighted by molar-refractivity contribution is 5.79. The third kappa shape index (κ3) is 6.50. The third-order valence-corrected chi connectivity index (χ3v) is 4.42. The maximum absolute atomic E-state index is 4.36. The van der Waals surface area contributed by atoms with Crippen LogP contribution in [0.25, 0.3) is 5.82 Å². The second-order valence-corrected chi connectivity index (χ2v) is 7.37. The third-order valence-electron chi connectivity index (χ3n) is 4.42. The van der Waals surface area contributed by atoms with Crippen molar-refractivity contribution in [2.24, 2.45) is 10.4 Å². The second-order valence-electron chi connectivity index (χ2n) is 7.37. The van der Waals surface area contributed by atoms with E-state index in [1.165, 1.54) is 25.7 Å². The van der Waals surface area contributed by atoms with E-state index in [2.05, 4.69) is 46.5 Å². The molecule has 2 heterocycles. The van der Waals surface area contributed by atoms with E-state index in [9.17, 15) is 0 Å². The highest BCUT2D eigenvalue weighted by Gasteiger charge is 2.17. The predicted octanol–water partition coefficient (Wildman–Crippen LogP) is 3.54. The highest BCUT2D eigenvalue weighted by atomic mass is 15.3. The van der Waals surface area contributed by atoms with Crippen molar-refractivity contribution in [2.45, 2.75) is 53.0 Å². The highest BCUT2D eigenvalue weighted by Crippen LogP contribution is 2.22. The first kappa shape index (κ1) is 19.9. The summed E-state index contributed by atoms with van der Waals surface area (Å²) in [7, 11) is 1.81. The van der Waals surface area contributed by atoms with Crippen molar-refractivity contribution in [3.63, 3.8) is 0 Å². The number of pyridine rings is 1. The van der Waals surface area contributed by atoms with E-state index in [1.807, 2.05) is 24.4 Å². The molecule has 0 unspecified atom stereocenters. The second kappa shape index (κ2) is 9.94. The summed E-state index contributed by atoms with van der Waals surface area (Å²) in [5, 5.41) is 11.1. The first-order valence-corrected chi connectivity index (χ1v) is 9.43. The van der Waals surface area contributed by atoms with Gasteiger partial charge >= 0.3 is 0 Å². The lowest BCUT2D eigenvalue weighted by molar-refractivity contribution is 0.318. The summed E-state index contributed by atoms with van der Waals surface area (Å²) in [6.45, 7) is 8.45. The SMILES string of the molecule is CCCCCC(C)(C)CNC(=NC)NCc1ccnc(-n2cccn2)c1. The molecule has 2 rings (SSSR count). The first-order valence-electron chi connectivity index (χ1n) is 9.43. The average Bonchev–Trinajstić information content (AvgIpc) is 3.17. The van der Waals surface area contributed by atoms with Gasteiger partial charge in [0.2, 0.25) is 0 Å². The first-order chi connectivity index (χ1) is 12.5. The van der Waals surface area contributed by atoms with E-state index in [0.29, 0.717) is 6.54 Å². The van der Waals surface area contributed by atoms with Gasteiger partial charge in [-0.3, -0.25) is 4.99 Å². The number of aromatic nitrogens is 3. The minimum Gasteiger partial charge on any atom is -0.356 e. The fourth-order valence-electron chi connectivity index (χ4n) is 2.77. The standard InChI is InChI=1S/C20H32N6/c1-5-6-7-10-20(2,3)16-24-19(21-4)23-15-17-9-12-22-18(14-17)26-13-8-11-25-26/h8-9,11-14H,5-7,10,15-16H2,1-4H3,(H2,21,23,24). The molecule has 142 valence electrons. The van der Waals surface area contributed by atoms with Gasteiger partial charge in [0.25, 0.3) is 0 Å². The normalized spacial score (nSPS) is 12.2. The molecule has 0 radical (unpaired) electrons. The molecular weight excluding hydrogens is 324 g/mol. The lowest BCUT2D eigenvalue weighted by Gasteiger charge is -2.26. The van der Waals surface area contributed by atoms with Crippen molar-refractivity contribution in [2.75, 3.05) is 13.6 Å². The number of guanidine groups is 1. The monoisotopic (exact) mass is 356 g/mol. The molecule has 0 amide bonds. The fourth-order valence-corrected chi connectivity index (χ4v) is 2.77. The van der Waals surface area contributed by atoms with Crippen LogP contribution in [0.4, 0.5) is 0 Å². The lowest BCUT2D eigenvalue weighted by atomic mass is 9.87. The van der Waals surface area contributed by atoms with Crippen molar-refractivity contribution in [3.8, 4) is 5.82 Å². The Morgan fingerprint density at radius 2 is 2.08 bits per heavy atom. The van der Waals surface area contributed by atoms with Crippen LogP contribution < -0.4 is 10.6 Å². The Morgan fingerprint density at radius 3 is 2.77 bits per heavy atom. The van der Waals surface area contributed by atoms with E-state index in [1.54, 1.807) is 24.1 Å². The molecule has 0 spiro atoms. The molecule has 2 N–H and O–H groups in total. The molecular formula is C20H32N6. The number of nitrogens with one attached hydrogen (secondary N) is 2. The average molecular weight is 357 g/mol. The van der Waals surface area contributed by atoms with Crippen LogP contribution in [0.2, 0.25) is 0 Å². The molecule has 0 atom stereocenters. The molecule has 6 heteroatoms. The van der Waals surface area contributed by atoms with Crippen molar-refractivity contribution >= 4 is 5.96 Å². The Hall–Kier alpha value is -2.37. The van der Waals surface area contributed by atoms with Gasteiger partial charge in [-0.2, -0.15) is 5.10 Å². The largest absolute Gasteiger partial charge is 0.356 e. The maximum Gasteiger partial charge on any atom is 0.191 e. The van der Waals surface area contributed by atoms with E-state index >= 15 is 0 Å². The Labute approximate surface area is 157 Å². The zero-order valence-electron chi connectivity index (χ0n) is 16.5. The number of unbranched alkanes of at least 4 members (excludes halogenated alkanes) is 2. The van der Waals surface area contributed by atoms with E-state index in [4.69, 9.17) is 0 Å². The van der Waals surface area contributed by atoms with Crippen molar-refractivity contribution in [3.05, 3.63) is 42.4 Å². The molecule has 6 nitrogen and oxygen atoms in total. The van der Waals surface area contributed by atoms with Gasteiger partial charge in [0, 0.05) is 38.7 Å². The van der Waals surface area contributed by atoms with Gasteiger partial charge in [-0.1, -0.05) is 40.0 Å².